The lowest BCUT2D eigenvalue weighted by Gasteiger charge is -2.43. The summed E-state index contributed by atoms with van der Waals surface area (Å²) in [5.41, 5.74) is 0.310. The highest BCUT2D eigenvalue weighted by molar-refractivity contribution is 7.86. The van der Waals surface area contributed by atoms with E-state index in [2.05, 4.69) is 6.58 Å². The zero-order valence-corrected chi connectivity index (χ0v) is 22.7. The maximum Gasteiger partial charge on any atom is 0.338 e. The van der Waals surface area contributed by atoms with Gasteiger partial charge in [0.2, 0.25) is 0 Å². The third kappa shape index (κ3) is 9.23. The van der Waals surface area contributed by atoms with Crippen LogP contribution in [0, 0.1) is 0 Å². The van der Waals surface area contributed by atoms with Crippen LogP contribution in [0.2, 0.25) is 0 Å². The Morgan fingerprint density at radius 1 is 0.821 bits per heavy atom. The van der Waals surface area contributed by atoms with E-state index in [1.807, 2.05) is 0 Å². The smallest absolute Gasteiger partial charge is 0.338 e. The lowest BCUT2D eigenvalue weighted by atomic mass is 9.99. The van der Waals surface area contributed by atoms with Gasteiger partial charge >= 0.3 is 11.9 Å². The van der Waals surface area contributed by atoms with E-state index < -0.39 is 69.5 Å². The van der Waals surface area contributed by atoms with Crippen LogP contribution in [0.5, 0.6) is 0 Å². The van der Waals surface area contributed by atoms with Crippen molar-refractivity contribution in [3.63, 3.8) is 0 Å². The van der Waals surface area contributed by atoms with Crippen molar-refractivity contribution in [1.29, 1.82) is 0 Å². The first kappa shape index (κ1) is 30.4. The van der Waals surface area contributed by atoms with Gasteiger partial charge in [-0.15, -0.1) is 6.58 Å². The molecule has 1 aliphatic heterocycles. The van der Waals surface area contributed by atoms with Crippen LogP contribution in [0.25, 0.3) is 0 Å². The van der Waals surface area contributed by atoms with Crippen molar-refractivity contribution in [2.24, 2.45) is 0 Å². The minimum atomic E-state index is -4.29. The Morgan fingerprint density at radius 2 is 1.33 bits per heavy atom. The predicted octanol–water partition coefficient (Wildman–Crippen LogP) is 1.69. The second-order valence-electron chi connectivity index (χ2n) is 8.40. The molecule has 0 aromatic heterocycles. The van der Waals surface area contributed by atoms with Crippen LogP contribution in [0.1, 0.15) is 20.7 Å². The fourth-order valence-corrected chi connectivity index (χ4v) is 4.91. The second-order valence-corrected chi connectivity index (χ2v) is 11.6. The second kappa shape index (κ2) is 13.3. The molecule has 0 unspecified atom stereocenters. The van der Waals surface area contributed by atoms with Crippen LogP contribution >= 0.6 is 0 Å². The lowest BCUT2D eigenvalue weighted by Crippen LogP contribution is -2.63. The number of carbonyl (C=O) groups is 2. The molecule has 1 fully saturated rings. The highest BCUT2D eigenvalue weighted by Gasteiger charge is 2.53. The van der Waals surface area contributed by atoms with Gasteiger partial charge in [0.25, 0.3) is 20.2 Å². The SMILES string of the molecule is C=CCO[C@H]1O[C@H](COC(=O)c2ccccc2)[C@@H](OS(C)(=O)=O)[C@H](OS(C)(=O)=O)[C@H]1OC(=O)c1ccccc1. The zero-order valence-electron chi connectivity index (χ0n) is 21.1. The van der Waals surface area contributed by atoms with Gasteiger partial charge in [-0.2, -0.15) is 16.8 Å². The largest absolute Gasteiger partial charge is 0.459 e. The van der Waals surface area contributed by atoms with Gasteiger partial charge in [-0.25, -0.2) is 9.59 Å². The topological polar surface area (TPSA) is 158 Å². The fourth-order valence-electron chi connectivity index (χ4n) is 3.65. The summed E-state index contributed by atoms with van der Waals surface area (Å²) in [4.78, 5) is 25.4. The summed E-state index contributed by atoms with van der Waals surface area (Å²) < 4.78 is 81.5. The average molecular weight is 585 g/mol. The van der Waals surface area contributed by atoms with E-state index in [0.717, 1.165) is 12.5 Å². The van der Waals surface area contributed by atoms with E-state index in [1.165, 1.54) is 30.3 Å². The minimum Gasteiger partial charge on any atom is -0.459 e. The van der Waals surface area contributed by atoms with Gasteiger partial charge < -0.3 is 18.9 Å². The van der Waals surface area contributed by atoms with E-state index in [9.17, 15) is 26.4 Å². The van der Waals surface area contributed by atoms with Gasteiger partial charge in [0.05, 0.1) is 30.2 Å². The summed E-state index contributed by atoms with van der Waals surface area (Å²) in [5.74, 6) is -1.66. The van der Waals surface area contributed by atoms with E-state index in [4.69, 9.17) is 27.3 Å². The number of hydrogen-bond acceptors (Lipinski definition) is 12. The first-order valence-electron chi connectivity index (χ1n) is 11.5. The molecule has 0 saturated carbocycles. The molecule has 0 spiro atoms. The maximum absolute atomic E-state index is 12.9. The molecule has 2 aromatic rings. The van der Waals surface area contributed by atoms with Crippen LogP contribution in [0.4, 0.5) is 0 Å². The van der Waals surface area contributed by atoms with Crippen molar-refractivity contribution in [2.45, 2.75) is 30.7 Å². The van der Waals surface area contributed by atoms with E-state index in [-0.39, 0.29) is 17.7 Å². The molecule has 14 heteroatoms. The van der Waals surface area contributed by atoms with Crippen molar-refractivity contribution in [1.82, 2.24) is 0 Å². The summed E-state index contributed by atoms with van der Waals surface area (Å²) in [6, 6.07) is 15.7. The molecule has 12 nitrogen and oxygen atoms in total. The first-order valence-corrected chi connectivity index (χ1v) is 15.1. The third-order valence-electron chi connectivity index (χ3n) is 5.18. The first-order chi connectivity index (χ1) is 18.4. The van der Waals surface area contributed by atoms with Crippen LogP contribution in [-0.2, 0) is 47.5 Å². The van der Waals surface area contributed by atoms with Gasteiger partial charge in [-0.3, -0.25) is 8.37 Å². The Bertz CT molecular complexity index is 1340. The minimum absolute atomic E-state index is 0.109. The molecule has 1 saturated heterocycles. The number of benzene rings is 2. The van der Waals surface area contributed by atoms with Gasteiger partial charge in [0.1, 0.15) is 24.9 Å². The van der Waals surface area contributed by atoms with Crippen molar-refractivity contribution < 1.29 is 53.7 Å². The molecule has 0 N–H and O–H groups in total. The Kier molecular flexibility index (Phi) is 10.4. The monoisotopic (exact) mass is 584 g/mol. The van der Waals surface area contributed by atoms with Crippen molar-refractivity contribution in [2.75, 3.05) is 25.7 Å². The Morgan fingerprint density at radius 3 is 1.85 bits per heavy atom. The molecule has 5 atom stereocenters. The Balaban J connectivity index is 1.99. The zero-order chi connectivity index (χ0) is 28.6. The number of rotatable bonds is 12. The molecule has 0 radical (unpaired) electrons. The Hall–Kier alpha value is -3.14. The normalized spacial score (nSPS) is 23.5. The fraction of sp³-hybridized carbons (Fsp3) is 0.360. The molecule has 1 heterocycles. The molecular formula is C25H28O12S2. The van der Waals surface area contributed by atoms with Crippen LogP contribution in [-0.4, -0.2) is 85.2 Å². The van der Waals surface area contributed by atoms with Crippen molar-refractivity contribution >= 4 is 32.2 Å². The van der Waals surface area contributed by atoms with Gasteiger partial charge in [0.15, 0.2) is 12.4 Å². The molecular weight excluding hydrogens is 556 g/mol. The Labute approximate surface area is 226 Å². The van der Waals surface area contributed by atoms with E-state index in [1.54, 1.807) is 36.4 Å². The highest BCUT2D eigenvalue weighted by Crippen LogP contribution is 2.32. The van der Waals surface area contributed by atoms with E-state index >= 15 is 0 Å². The summed E-state index contributed by atoms with van der Waals surface area (Å²) in [6.45, 7) is 2.82. The highest BCUT2D eigenvalue weighted by atomic mass is 32.2. The van der Waals surface area contributed by atoms with E-state index in [0.29, 0.717) is 0 Å². The molecule has 0 amide bonds. The summed E-state index contributed by atoms with van der Waals surface area (Å²) >= 11 is 0. The molecule has 212 valence electrons. The van der Waals surface area contributed by atoms with Gasteiger partial charge in [0, 0.05) is 0 Å². The molecule has 3 rings (SSSR count). The third-order valence-corrected chi connectivity index (χ3v) is 6.33. The number of carbonyl (C=O) groups excluding carboxylic acids is 2. The van der Waals surface area contributed by atoms with Crippen molar-refractivity contribution in [3.8, 4) is 0 Å². The number of esters is 2. The molecule has 2 aromatic carbocycles. The quantitative estimate of drug-likeness (QED) is 0.202. The van der Waals surface area contributed by atoms with Gasteiger partial charge in [-0.1, -0.05) is 42.5 Å². The predicted molar refractivity (Wildman–Crippen MR) is 137 cm³/mol. The van der Waals surface area contributed by atoms with Crippen LogP contribution < -0.4 is 0 Å². The molecule has 1 aliphatic rings. The van der Waals surface area contributed by atoms with Gasteiger partial charge in [-0.05, 0) is 24.3 Å². The van der Waals surface area contributed by atoms with Crippen LogP contribution in [0.15, 0.2) is 73.3 Å². The van der Waals surface area contributed by atoms with Crippen LogP contribution in [0.3, 0.4) is 0 Å². The summed E-state index contributed by atoms with van der Waals surface area (Å²) in [7, 11) is -8.56. The average Bonchev–Trinajstić information content (AvgIpc) is 2.88. The molecule has 0 bridgehead atoms. The number of ether oxygens (including phenoxy) is 4. The molecule has 39 heavy (non-hydrogen) atoms. The number of hydrogen-bond donors (Lipinski definition) is 0. The standard InChI is InChI=1S/C25H28O12S2/c1-4-15-32-25-22(35-24(27)18-13-9-6-10-14-18)21(37-39(3,30)31)20(36-38(2,28)29)19(34-25)16-33-23(26)17-11-7-5-8-12-17/h4-14,19-22,25H,1,15-16H2,2-3H3/t19-,20-,21+,22-,25+/m1/s1. The summed E-state index contributed by atoms with van der Waals surface area (Å²) in [6.07, 6.45) is -5.29. The van der Waals surface area contributed by atoms with Crippen molar-refractivity contribution in [3.05, 3.63) is 84.4 Å². The maximum atomic E-state index is 12.9. The summed E-state index contributed by atoms with van der Waals surface area (Å²) in [5, 5.41) is 0. The molecule has 0 aliphatic carbocycles. The lowest BCUT2D eigenvalue weighted by molar-refractivity contribution is -0.288.